The standard InChI is InChI=1S/C15H19F2NO2/c1-9-5-12(15(19)20)8-18(7-9)10(2)11-3-4-13(16)14(17)6-11/h3-4,6,9-10,12H,5,7-8H2,1-2H3,(H,19,20). The number of aliphatic carboxylic acids is 1. The summed E-state index contributed by atoms with van der Waals surface area (Å²) < 4.78 is 26.3. The minimum Gasteiger partial charge on any atom is -0.481 e. The third-order valence-electron chi connectivity index (χ3n) is 4.01. The van der Waals surface area contributed by atoms with Crippen LogP contribution in [-0.4, -0.2) is 29.1 Å². The molecule has 1 aliphatic heterocycles. The number of hydrogen-bond donors (Lipinski definition) is 1. The molecule has 0 spiro atoms. The van der Waals surface area contributed by atoms with E-state index in [9.17, 15) is 18.7 Å². The Labute approximate surface area is 117 Å². The first kappa shape index (κ1) is 14.9. The lowest BCUT2D eigenvalue weighted by molar-refractivity contribution is -0.144. The van der Waals surface area contributed by atoms with Gasteiger partial charge in [-0.3, -0.25) is 9.69 Å². The van der Waals surface area contributed by atoms with Gasteiger partial charge in [0.15, 0.2) is 11.6 Å². The van der Waals surface area contributed by atoms with Gasteiger partial charge in [-0.1, -0.05) is 13.0 Å². The number of hydrogen-bond acceptors (Lipinski definition) is 2. The van der Waals surface area contributed by atoms with Gasteiger partial charge in [0.05, 0.1) is 5.92 Å². The fourth-order valence-corrected chi connectivity index (χ4v) is 2.87. The number of nitrogens with zero attached hydrogens (tertiary/aromatic N) is 1. The lowest BCUT2D eigenvalue weighted by atomic mass is 9.89. The van der Waals surface area contributed by atoms with Crippen LogP contribution in [0.1, 0.15) is 31.9 Å². The molecule has 2 rings (SSSR count). The molecule has 1 aliphatic rings. The van der Waals surface area contributed by atoms with Crippen molar-refractivity contribution in [1.29, 1.82) is 0 Å². The van der Waals surface area contributed by atoms with Crippen LogP contribution in [0, 0.1) is 23.5 Å². The third-order valence-corrected chi connectivity index (χ3v) is 4.01. The lowest BCUT2D eigenvalue weighted by Gasteiger charge is -2.38. The molecule has 110 valence electrons. The van der Waals surface area contributed by atoms with E-state index in [0.29, 0.717) is 18.5 Å². The Morgan fingerprint density at radius 1 is 1.35 bits per heavy atom. The molecule has 20 heavy (non-hydrogen) atoms. The molecule has 1 heterocycles. The SMILES string of the molecule is CC1CC(C(=O)O)CN(C(C)c2ccc(F)c(F)c2)C1. The van der Waals surface area contributed by atoms with Crippen LogP contribution in [0.3, 0.4) is 0 Å². The van der Waals surface area contributed by atoms with Gasteiger partial charge in [-0.15, -0.1) is 0 Å². The van der Waals surface area contributed by atoms with E-state index in [4.69, 9.17) is 0 Å². The van der Waals surface area contributed by atoms with Crippen LogP contribution < -0.4 is 0 Å². The molecular weight excluding hydrogens is 264 g/mol. The Morgan fingerprint density at radius 2 is 2.05 bits per heavy atom. The normalized spacial score (nSPS) is 25.4. The summed E-state index contributed by atoms with van der Waals surface area (Å²) in [5.41, 5.74) is 0.669. The Balaban J connectivity index is 2.16. The number of carbonyl (C=O) groups is 1. The smallest absolute Gasteiger partial charge is 0.307 e. The van der Waals surface area contributed by atoms with Crippen LogP contribution in [0.2, 0.25) is 0 Å². The second-order valence-corrected chi connectivity index (χ2v) is 5.68. The average molecular weight is 283 g/mol. The third kappa shape index (κ3) is 3.15. The van der Waals surface area contributed by atoms with Gasteiger partial charge in [0.25, 0.3) is 0 Å². The molecule has 3 nitrogen and oxygen atoms in total. The van der Waals surface area contributed by atoms with E-state index in [1.54, 1.807) is 6.07 Å². The van der Waals surface area contributed by atoms with Crippen molar-refractivity contribution in [1.82, 2.24) is 4.90 Å². The van der Waals surface area contributed by atoms with Crippen LogP contribution in [0.25, 0.3) is 0 Å². The number of piperidine rings is 1. The molecule has 1 N–H and O–H groups in total. The zero-order valence-corrected chi connectivity index (χ0v) is 11.6. The Kier molecular flexibility index (Phi) is 4.38. The number of likely N-dealkylation sites (tertiary alicyclic amines) is 1. The van der Waals surface area contributed by atoms with E-state index in [0.717, 1.165) is 12.6 Å². The topological polar surface area (TPSA) is 40.5 Å². The van der Waals surface area contributed by atoms with Gasteiger partial charge < -0.3 is 5.11 Å². The Morgan fingerprint density at radius 3 is 2.65 bits per heavy atom. The van der Waals surface area contributed by atoms with Gasteiger partial charge in [0, 0.05) is 19.1 Å². The molecule has 0 amide bonds. The van der Waals surface area contributed by atoms with Crippen molar-refractivity contribution < 1.29 is 18.7 Å². The minimum absolute atomic E-state index is 0.130. The number of halogens is 2. The van der Waals surface area contributed by atoms with Crippen molar-refractivity contribution in [2.24, 2.45) is 11.8 Å². The van der Waals surface area contributed by atoms with Gasteiger partial charge in [-0.25, -0.2) is 8.78 Å². The molecule has 1 aromatic carbocycles. The molecule has 3 atom stereocenters. The van der Waals surface area contributed by atoms with E-state index in [-0.39, 0.29) is 12.0 Å². The Hall–Kier alpha value is -1.49. The summed E-state index contributed by atoms with van der Waals surface area (Å²) in [6.07, 6.45) is 0.663. The second-order valence-electron chi connectivity index (χ2n) is 5.68. The van der Waals surface area contributed by atoms with Gasteiger partial charge in [-0.2, -0.15) is 0 Å². The zero-order valence-electron chi connectivity index (χ0n) is 11.6. The summed E-state index contributed by atoms with van der Waals surface area (Å²) >= 11 is 0. The summed E-state index contributed by atoms with van der Waals surface area (Å²) in [6, 6.07) is 3.73. The molecule has 3 unspecified atom stereocenters. The van der Waals surface area contributed by atoms with Crippen molar-refractivity contribution in [3.8, 4) is 0 Å². The average Bonchev–Trinajstić information content (AvgIpc) is 2.40. The second kappa shape index (κ2) is 5.87. The maximum absolute atomic E-state index is 13.3. The van der Waals surface area contributed by atoms with E-state index >= 15 is 0 Å². The quantitative estimate of drug-likeness (QED) is 0.926. The molecule has 0 aliphatic carbocycles. The van der Waals surface area contributed by atoms with Gasteiger partial charge in [-0.05, 0) is 37.0 Å². The van der Waals surface area contributed by atoms with E-state index in [2.05, 4.69) is 0 Å². The molecule has 5 heteroatoms. The van der Waals surface area contributed by atoms with E-state index < -0.39 is 23.5 Å². The number of carboxylic acid groups (broad SMARTS) is 1. The number of benzene rings is 1. The summed E-state index contributed by atoms with van der Waals surface area (Å²) in [7, 11) is 0. The monoisotopic (exact) mass is 283 g/mol. The van der Waals surface area contributed by atoms with Crippen molar-refractivity contribution in [3.05, 3.63) is 35.4 Å². The van der Waals surface area contributed by atoms with Crippen LogP contribution >= 0.6 is 0 Å². The largest absolute Gasteiger partial charge is 0.481 e. The highest BCUT2D eigenvalue weighted by Crippen LogP contribution is 2.30. The van der Waals surface area contributed by atoms with E-state index in [1.165, 1.54) is 6.07 Å². The zero-order chi connectivity index (χ0) is 14.9. The summed E-state index contributed by atoms with van der Waals surface area (Å²) in [6.45, 7) is 5.12. The number of rotatable bonds is 3. The van der Waals surface area contributed by atoms with Crippen LogP contribution in [-0.2, 0) is 4.79 Å². The van der Waals surface area contributed by atoms with Gasteiger partial charge >= 0.3 is 5.97 Å². The summed E-state index contributed by atoms with van der Waals surface area (Å²) in [5, 5.41) is 9.17. The first-order chi connectivity index (χ1) is 9.38. The molecular formula is C15H19F2NO2. The van der Waals surface area contributed by atoms with Crippen molar-refractivity contribution >= 4 is 5.97 Å². The first-order valence-corrected chi connectivity index (χ1v) is 6.80. The van der Waals surface area contributed by atoms with Gasteiger partial charge in [0.1, 0.15) is 0 Å². The van der Waals surface area contributed by atoms with Crippen LogP contribution in [0.15, 0.2) is 18.2 Å². The number of carboxylic acids is 1. The molecule has 0 saturated carbocycles. The fourth-order valence-electron chi connectivity index (χ4n) is 2.87. The molecule has 0 bridgehead atoms. The molecule has 1 saturated heterocycles. The predicted molar refractivity (Wildman–Crippen MR) is 71.3 cm³/mol. The van der Waals surface area contributed by atoms with Gasteiger partial charge in [0.2, 0.25) is 0 Å². The summed E-state index contributed by atoms with van der Waals surface area (Å²) in [5.74, 6) is -2.64. The molecule has 0 aromatic heterocycles. The molecule has 1 aromatic rings. The maximum atomic E-state index is 13.3. The molecule has 1 fully saturated rings. The van der Waals surface area contributed by atoms with Crippen molar-refractivity contribution in [3.63, 3.8) is 0 Å². The predicted octanol–water partition coefficient (Wildman–Crippen LogP) is 3.07. The minimum atomic E-state index is -0.866. The first-order valence-electron chi connectivity index (χ1n) is 6.80. The maximum Gasteiger partial charge on any atom is 0.307 e. The summed E-state index contributed by atoms with van der Waals surface area (Å²) in [4.78, 5) is 13.2. The van der Waals surface area contributed by atoms with Crippen LogP contribution in [0.5, 0.6) is 0 Å². The van der Waals surface area contributed by atoms with E-state index in [1.807, 2.05) is 18.7 Å². The van der Waals surface area contributed by atoms with Crippen LogP contribution in [0.4, 0.5) is 8.78 Å². The Bertz CT molecular complexity index is 507. The highest BCUT2D eigenvalue weighted by Gasteiger charge is 2.32. The van der Waals surface area contributed by atoms with Crippen molar-refractivity contribution in [2.45, 2.75) is 26.3 Å². The highest BCUT2D eigenvalue weighted by molar-refractivity contribution is 5.70. The highest BCUT2D eigenvalue weighted by atomic mass is 19.2. The lowest BCUT2D eigenvalue weighted by Crippen LogP contribution is -2.43. The fraction of sp³-hybridized carbons (Fsp3) is 0.533. The molecule has 0 radical (unpaired) electrons. The van der Waals surface area contributed by atoms with Crippen molar-refractivity contribution in [2.75, 3.05) is 13.1 Å².